The van der Waals surface area contributed by atoms with Crippen molar-refractivity contribution >= 4 is 0 Å². The van der Waals surface area contributed by atoms with Crippen molar-refractivity contribution in [1.82, 2.24) is 0 Å². The van der Waals surface area contributed by atoms with Crippen LogP contribution in [0.5, 0.6) is 11.5 Å². The summed E-state index contributed by atoms with van der Waals surface area (Å²) >= 11 is 0. The molecule has 2 heterocycles. The van der Waals surface area contributed by atoms with Crippen LogP contribution in [-0.4, -0.2) is 52.0 Å². The number of benzene rings is 3. The van der Waals surface area contributed by atoms with Gasteiger partial charge in [-0.3, -0.25) is 0 Å². The van der Waals surface area contributed by atoms with Gasteiger partial charge in [-0.1, -0.05) is 60.7 Å². The van der Waals surface area contributed by atoms with E-state index in [2.05, 4.69) is 99.0 Å². The van der Waals surface area contributed by atoms with Gasteiger partial charge in [0.15, 0.2) is 6.29 Å². The summed E-state index contributed by atoms with van der Waals surface area (Å²) in [7, 11) is 3.49. The SMILES string of the molecule is C=CCC(C=C)(C=CC)c1ccc2c(c1-c1ccc(OCC3(OC)CCOCC3)cc1)CCC2Oc1ccc(C2CC2C2OC2OC)cc1. The van der Waals surface area contributed by atoms with Crippen LogP contribution < -0.4 is 9.47 Å². The lowest BCUT2D eigenvalue weighted by Gasteiger charge is -2.35. The average Bonchev–Trinajstić information content (AvgIpc) is 4.07. The highest BCUT2D eigenvalue weighted by molar-refractivity contribution is 5.76. The standard InChI is InChI=1S/C43H50O6/c1-6-21-42(8-3,22-7-2)37-19-17-33-34(39(37)30-11-13-31(14-12-30)47-28-43(45-5)23-25-46-26-24-43)18-20-38(33)48-32-15-9-29(10-16-32)35-27-36(35)40-41(44-4)49-40/h6-17,19,22,35-36,38,40-41H,1,3,18,20-21,23-28H2,2,4-5H3. The first-order valence-electron chi connectivity index (χ1n) is 17.8. The van der Waals surface area contributed by atoms with E-state index in [-0.39, 0.29) is 29.5 Å². The zero-order valence-electron chi connectivity index (χ0n) is 29.2. The van der Waals surface area contributed by atoms with Gasteiger partial charge in [0.05, 0.1) is 0 Å². The molecule has 7 rings (SSSR count). The molecule has 2 saturated heterocycles. The zero-order valence-corrected chi connectivity index (χ0v) is 29.2. The van der Waals surface area contributed by atoms with Crippen LogP contribution in [0.25, 0.3) is 11.1 Å². The summed E-state index contributed by atoms with van der Waals surface area (Å²) in [5, 5.41) is 0. The Morgan fingerprint density at radius 3 is 2.37 bits per heavy atom. The predicted octanol–water partition coefficient (Wildman–Crippen LogP) is 9.05. The zero-order chi connectivity index (χ0) is 34.0. The summed E-state index contributed by atoms with van der Waals surface area (Å²) in [4.78, 5) is 0. The fourth-order valence-corrected chi connectivity index (χ4v) is 8.18. The van der Waals surface area contributed by atoms with Crippen LogP contribution in [0.3, 0.4) is 0 Å². The minimum Gasteiger partial charge on any atom is -0.491 e. The number of epoxide rings is 1. The highest BCUT2D eigenvalue weighted by atomic mass is 16.8. The molecule has 258 valence electrons. The lowest BCUT2D eigenvalue weighted by Crippen LogP contribution is -2.43. The van der Waals surface area contributed by atoms with Gasteiger partial charge in [-0.15, -0.1) is 13.2 Å². The monoisotopic (exact) mass is 662 g/mol. The van der Waals surface area contributed by atoms with Crippen molar-refractivity contribution in [1.29, 1.82) is 0 Å². The molecule has 3 aromatic rings. The summed E-state index contributed by atoms with van der Waals surface area (Å²) in [5.41, 5.74) is 6.89. The van der Waals surface area contributed by atoms with E-state index in [1.54, 1.807) is 14.2 Å². The number of hydrogen-bond donors (Lipinski definition) is 0. The summed E-state index contributed by atoms with van der Waals surface area (Å²) in [6.07, 6.45) is 14.1. The summed E-state index contributed by atoms with van der Waals surface area (Å²) in [6, 6.07) is 21.8. The number of allylic oxidation sites excluding steroid dienone is 4. The van der Waals surface area contributed by atoms with Gasteiger partial charge in [0.1, 0.15) is 35.9 Å². The van der Waals surface area contributed by atoms with Crippen LogP contribution in [-0.2, 0) is 30.8 Å². The molecule has 6 nitrogen and oxygen atoms in total. The summed E-state index contributed by atoms with van der Waals surface area (Å²) in [5.74, 6) is 2.85. The van der Waals surface area contributed by atoms with Crippen LogP contribution in [0.15, 0.2) is 98.1 Å². The highest BCUT2D eigenvalue weighted by Crippen LogP contribution is 2.56. The van der Waals surface area contributed by atoms with Gasteiger partial charge < -0.3 is 28.4 Å². The molecule has 6 unspecified atom stereocenters. The van der Waals surface area contributed by atoms with Crippen molar-refractivity contribution in [2.75, 3.05) is 34.0 Å². The maximum Gasteiger partial charge on any atom is 0.184 e. The van der Waals surface area contributed by atoms with E-state index in [9.17, 15) is 0 Å². The highest BCUT2D eigenvalue weighted by Gasteiger charge is 2.56. The summed E-state index contributed by atoms with van der Waals surface area (Å²) < 4.78 is 35.5. The Kier molecular flexibility index (Phi) is 9.85. The molecule has 0 amide bonds. The van der Waals surface area contributed by atoms with E-state index in [1.807, 2.05) is 6.08 Å². The molecule has 1 saturated carbocycles. The van der Waals surface area contributed by atoms with Crippen LogP contribution in [0.2, 0.25) is 0 Å². The third-order valence-corrected chi connectivity index (χ3v) is 11.2. The first kappa shape index (κ1) is 33.8. The third kappa shape index (κ3) is 6.77. The lowest BCUT2D eigenvalue weighted by molar-refractivity contribution is -0.110. The molecular weight excluding hydrogens is 612 g/mol. The lowest BCUT2D eigenvalue weighted by atomic mass is 9.72. The van der Waals surface area contributed by atoms with Gasteiger partial charge in [-0.25, -0.2) is 0 Å². The Labute approximate surface area is 291 Å². The fourth-order valence-electron chi connectivity index (χ4n) is 8.18. The van der Waals surface area contributed by atoms with E-state index in [1.165, 1.54) is 27.8 Å². The molecule has 2 aliphatic heterocycles. The molecule has 6 heteroatoms. The van der Waals surface area contributed by atoms with Crippen LogP contribution in [0.4, 0.5) is 0 Å². The van der Waals surface area contributed by atoms with Gasteiger partial charge in [0.2, 0.25) is 0 Å². The average molecular weight is 663 g/mol. The second-order valence-electron chi connectivity index (χ2n) is 14.0. The van der Waals surface area contributed by atoms with E-state index < -0.39 is 0 Å². The van der Waals surface area contributed by atoms with Crippen molar-refractivity contribution in [2.45, 2.75) is 80.9 Å². The minimum atomic E-state index is -0.381. The van der Waals surface area contributed by atoms with Gasteiger partial charge >= 0.3 is 0 Å². The Hall–Kier alpha value is -3.68. The Bertz CT molecular complexity index is 1650. The number of methoxy groups -OCH3 is 2. The van der Waals surface area contributed by atoms with Gasteiger partial charge in [-0.05, 0) is 102 Å². The van der Waals surface area contributed by atoms with Gasteiger partial charge in [0.25, 0.3) is 0 Å². The third-order valence-electron chi connectivity index (χ3n) is 11.2. The maximum absolute atomic E-state index is 6.71. The van der Waals surface area contributed by atoms with Crippen LogP contribution in [0.1, 0.15) is 73.3 Å². The van der Waals surface area contributed by atoms with Crippen molar-refractivity contribution in [3.05, 3.63) is 120 Å². The van der Waals surface area contributed by atoms with E-state index >= 15 is 0 Å². The van der Waals surface area contributed by atoms with Crippen molar-refractivity contribution < 1.29 is 28.4 Å². The molecule has 3 aromatic carbocycles. The predicted molar refractivity (Wildman–Crippen MR) is 193 cm³/mol. The van der Waals surface area contributed by atoms with E-state index in [0.29, 0.717) is 31.7 Å². The number of fused-ring (bicyclic) bond motifs is 1. The molecule has 0 radical (unpaired) electrons. The number of hydrogen-bond acceptors (Lipinski definition) is 6. The van der Waals surface area contributed by atoms with Crippen LogP contribution in [0, 0.1) is 5.92 Å². The minimum absolute atomic E-state index is 0.0174. The van der Waals surface area contributed by atoms with Gasteiger partial charge in [-0.2, -0.15) is 0 Å². The van der Waals surface area contributed by atoms with Crippen molar-refractivity contribution in [3.8, 4) is 22.6 Å². The fraction of sp³-hybridized carbons (Fsp3) is 0.442. The molecule has 0 aromatic heterocycles. The topological polar surface area (TPSA) is 58.7 Å². The van der Waals surface area contributed by atoms with Crippen molar-refractivity contribution in [2.24, 2.45) is 5.92 Å². The summed E-state index contributed by atoms with van der Waals surface area (Å²) in [6.45, 7) is 12.4. The second-order valence-corrected chi connectivity index (χ2v) is 14.0. The largest absolute Gasteiger partial charge is 0.491 e. The maximum atomic E-state index is 6.71. The second kappa shape index (κ2) is 14.3. The van der Waals surface area contributed by atoms with E-state index in [4.69, 9.17) is 28.4 Å². The molecule has 4 aliphatic rings. The normalized spacial score (nSPS) is 26.5. The van der Waals surface area contributed by atoms with Gasteiger partial charge in [0, 0.05) is 45.7 Å². The Morgan fingerprint density at radius 2 is 1.71 bits per heavy atom. The smallest absolute Gasteiger partial charge is 0.184 e. The molecule has 49 heavy (non-hydrogen) atoms. The van der Waals surface area contributed by atoms with Crippen molar-refractivity contribution in [3.63, 3.8) is 0 Å². The molecular formula is C43H50O6. The first-order valence-corrected chi connectivity index (χ1v) is 17.8. The molecule has 6 atom stereocenters. The van der Waals surface area contributed by atoms with E-state index in [0.717, 1.165) is 55.6 Å². The molecule has 0 N–H and O–H groups in total. The number of rotatable bonds is 15. The Morgan fingerprint density at radius 1 is 0.959 bits per heavy atom. The number of ether oxygens (including phenoxy) is 6. The quantitative estimate of drug-likeness (QED) is 0.120. The van der Waals surface area contributed by atoms with Crippen LogP contribution >= 0.6 is 0 Å². The molecule has 2 aliphatic carbocycles. The molecule has 0 spiro atoms. The molecule has 0 bridgehead atoms. The molecule has 3 fully saturated rings. The Balaban J connectivity index is 1.15. The first-order chi connectivity index (χ1) is 24.0.